The lowest BCUT2D eigenvalue weighted by molar-refractivity contribution is -0.0167. The Morgan fingerprint density at radius 3 is 2.11 bits per heavy atom. The number of anilines is 1. The smallest absolute Gasteiger partial charge is 0.255 e. The number of halogens is 1. The predicted molar refractivity (Wildman–Crippen MR) is 144 cm³/mol. The van der Waals surface area contributed by atoms with Crippen molar-refractivity contribution < 1.29 is 14.0 Å². The van der Waals surface area contributed by atoms with Gasteiger partial charge in [-0.05, 0) is 123 Å². The summed E-state index contributed by atoms with van der Waals surface area (Å²) in [6.45, 7) is 0. The van der Waals surface area contributed by atoms with Gasteiger partial charge in [0.1, 0.15) is 11.6 Å². The van der Waals surface area contributed by atoms with E-state index in [1.165, 1.54) is 43.5 Å². The molecule has 0 aliphatic heterocycles. The SMILES string of the molecule is O=C(Nc1ccc(-c2nc3ccc(C(=O)NC45CC6CC(CC(C6)C4)C5)cc3[nH]2)cc1)c1ccc(F)cc1. The highest BCUT2D eigenvalue weighted by Crippen LogP contribution is 2.55. The molecule has 7 heteroatoms. The lowest BCUT2D eigenvalue weighted by Crippen LogP contribution is -2.59. The Morgan fingerprint density at radius 2 is 1.45 bits per heavy atom. The van der Waals surface area contributed by atoms with Crippen LogP contribution in [0.1, 0.15) is 59.2 Å². The Balaban J connectivity index is 1.06. The molecule has 0 spiro atoms. The molecule has 4 saturated carbocycles. The van der Waals surface area contributed by atoms with Crippen molar-refractivity contribution in [1.29, 1.82) is 0 Å². The Hall–Kier alpha value is -4.00. The van der Waals surface area contributed by atoms with E-state index in [0.717, 1.165) is 53.6 Å². The molecule has 2 amide bonds. The molecule has 8 rings (SSSR count). The maximum Gasteiger partial charge on any atom is 0.255 e. The van der Waals surface area contributed by atoms with Crippen LogP contribution in [0.15, 0.2) is 66.7 Å². The van der Waals surface area contributed by atoms with Gasteiger partial charge in [0.05, 0.1) is 11.0 Å². The summed E-state index contributed by atoms with van der Waals surface area (Å²) >= 11 is 0. The molecule has 4 fully saturated rings. The van der Waals surface area contributed by atoms with Gasteiger partial charge in [-0.1, -0.05) is 0 Å². The molecule has 3 aromatic carbocycles. The molecular weight excluding hydrogens is 479 g/mol. The zero-order valence-electron chi connectivity index (χ0n) is 21.0. The molecule has 1 aromatic heterocycles. The van der Waals surface area contributed by atoms with Crippen LogP contribution in [-0.2, 0) is 0 Å². The molecule has 4 aromatic rings. The summed E-state index contributed by atoms with van der Waals surface area (Å²) < 4.78 is 13.1. The van der Waals surface area contributed by atoms with Crippen molar-refractivity contribution in [1.82, 2.24) is 15.3 Å². The predicted octanol–water partition coefficient (Wildman–Crippen LogP) is 6.32. The van der Waals surface area contributed by atoms with Crippen molar-refractivity contribution in [2.24, 2.45) is 17.8 Å². The van der Waals surface area contributed by atoms with Gasteiger partial charge in [0.25, 0.3) is 11.8 Å². The summed E-state index contributed by atoms with van der Waals surface area (Å²) in [5.41, 5.74) is 4.11. The Morgan fingerprint density at radius 1 is 0.816 bits per heavy atom. The number of nitrogens with one attached hydrogen (secondary N) is 3. The van der Waals surface area contributed by atoms with Crippen LogP contribution in [0.2, 0.25) is 0 Å². The van der Waals surface area contributed by atoms with Crippen molar-refractivity contribution >= 4 is 28.5 Å². The van der Waals surface area contributed by atoms with E-state index in [4.69, 9.17) is 4.98 Å². The number of benzene rings is 3. The van der Waals surface area contributed by atoms with Gasteiger partial charge in [0.2, 0.25) is 0 Å². The third-order valence-corrected chi connectivity index (χ3v) is 8.68. The highest BCUT2D eigenvalue weighted by molar-refractivity contribution is 6.04. The summed E-state index contributed by atoms with van der Waals surface area (Å²) in [7, 11) is 0. The van der Waals surface area contributed by atoms with Crippen LogP contribution in [0.5, 0.6) is 0 Å². The van der Waals surface area contributed by atoms with Crippen LogP contribution >= 0.6 is 0 Å². The average Bonchev–Trinajstić information content (AvgIpc) is 3.32. The van der Waals surface area contributed by atoms with Crippen LogP contribution in [0.25, 0.3) is 22.4 Å². The number of imidazole rings is 1. The number of aromatic nitrogens is 2. The molecule has 3 N–H and O–H groups in total. The molecule has 6 nitrogen and oxygen atoms in total. The molecule has 0 atom stereocenters. The second kappa shape index (κ2) is 8.79. The largest absolute Gasteiger partial charge is 0.347 e. The standard InChI is InChI=1S/C31H29FN4O2/c32-24-6-1-22(2-7-24)29(37)33-25-8-3-21(4-9-25)28-34-26-10-5-23(14-27(26)35-28)30(38)36-31-15-18-11-19(16-31)13-20(12-18)17-31/h1-10,14,18-20H,11-13,15-17H2,(H,33,37)(H,34,35)(H,36,38). The maximum absolute atomic E-state index is 13.3. The summed E-state index contributed by atoms with van der Waals surface area (Å²) in [5, 5.41) is 6.27. The molecule has 4 bridgehead atoms. The molecule has 0 unspecified atom stereocenters. The van der Waals surface area contributed by atoms with E-state index in [2.05, 4.69) is 15.6 Å². The minimum absolute atomic E-state index is 0.00579. The van der Waals surface area contributed by atoms with Crippen molar-refractivity contribution in [3.8, 4) is 11.4 Å². The van der Waals surface area contributed by atoms with Gasteiger partial charge in [-0.3, -0.25) is 9.59 Å². The molecule has 38 heavy (non-hydrogen) atoms. The van der Waals surface area contributed by atoms with E-state index in [1.807, 2.05) is 30.3 Å². The molecule has 0 radical (unpaired) electrons. The van der Waals surface area contributed by atoms with Gasteiger partial charge in [-0.15, -0.1) is 0 Å². The van der Waals surface area contributed by atoms with Gasteiger partial charge >= 0.3 is 0 Å². The lowest BCUT2D eigenvalue weighted by Gasteiger charge is -2.56. The number of amides is 2. The third kappa shape index (κ3) is 4.26. The normalized spacial score (nSPS) is 25.4. The molecule has 4 aliphatic rings. The second-order valence-electron chi connectivity index (χ2n) is 11.5. The van der Waals surface area contributed by atoms with Gasteiger partial charge < -0.3 is 15.6 Å². The van der Waals surface area contributed by atoms with E-state index < -0.39 is 0 Å². The summed E-state index contributed by atoms with van der Waals surface area (Å²) in [6.07, 6.45) is 7.42. The fraction of sp³-hybridized carbons (Fsp3) is 0.323. The highest BCUT2D eigenvalue weighted by Gasteiger charge is 2.51. The highest BCUT2D eigenvalue weighted by atomic mass is 19.1. The second-order valence-corrected chi connectivity index (χ2v) is 11.5. The Bertz CT molecular complexity index is 1510. The first-order valence-electron chi connectivity index (χ1n) is 13.4. The first-order valence-corrected chi connectivity index (χ1v) is 13.4. The molecular formula is C31H29FN4O2. The van der Waals surface area contributed by atoms with Gasteiger partial charge in [-0.2, -0.15) is 0 Å². The Labute approximate surface area is 220 Å². The fourth-order valence-corrected chi connectivity index (χ4v) is 7.38. The van der Waals surface area contributed by atoms with Crippen molar-refractivity contribution in [2.45, 2.75) is 44.1 Å². The van der Waals surface area contributed by atoms with Gasteiger partial charge in [-0.25, -0.2) is 9.37 Å². The minimum atomic E-state index is -0.382. The number of H-pyrrole nitrogens is 1. The van der Waals surface area contributed by atoms with Gasteiger partial charge in [0.15, 0.2) is 0 Å². The summed E-state index contributed by atoms with van der Waals surface area (Å²) in [5.74, 6) is 2.35. The van der Waals surface area contributed by atoms with Crippen LogP contribution < -0.4 is 10.6 Å². The van der Waals surface area contributed by atoms with E-state index in [-0.39, 0.29) is 23.2 Å². The number of carbonyl (C=O) groups is 2. The number of aromatic amines is 1. The topological polar surface area (TPSA) is 86.9 Å². The fourth-order valence-electron chi connectivity index (χ4n) is 7.38. The first kappa shape index (κ1) is 23.1. The van der Waals surface area contributed by atoms with E-state index in [0.29, 0.717) is 22.6 Å². The zero-order chi connectivity index (χ0) is 25.9. The number of nitrogens with zero attached hydrogens (tertiary/aromatic N) is 1. The van der Waals surface area contributed by atoms with E-state index in [1.54, 1.807) is 12.1 Å². The monoisotopic (exact) mass is 508 g/mol. The Kier molecular flexibility index (Phi) is 5.35. The number of rotatable bonds is 5. The average molecular weight is 509 g/mol. The molecule has 1 heterocycles. The lowest BCUT2D eigenvalue weighted by atomic mass is 9.53. The van der Waals surface area contributed by atoms with Crippen LogP contribution in [0.4, 0.5) is 10.1 Å². The van der Waals surface area contributed by atoms with Crippen molar-refractivity contribution in [2.75, 3.05) is 5.32 Å². The zero-order valence-corrected chi connectivity index (χ0v) is 21.0. The van der Waals surface area contributed by atoms with Crippen molar-refractivity contribution in [3.05, 3.63) is 83.7 Å². The molecule has 0 saturated heterocycles. The summed E-state index contributed by atoms with van der Waals surface area (Å²) in [4.78, 5) is 33.7. The number of fused-ring (bicyclic) bond motifs is 1. The molecule has 192 valence electrons. The van der Waals surface area contributed by atoms with E-state index in [9.17, 15) is 14.0 Å². The minimum Gasteiger partial charge on any atom is -0.347 e. The van der Waals surface area contributed by atoms with E-state index >= 15 is 0 Å². The number of hydrogen-bond acceptors (Lipinski definition) is 3. The number of hydrogen-bond donors (Lipinski definition) is 3. The first-order chi connectivity index (χ1) is 18.4. The maximum atomic E-state index is 13.3. The van der Waals surface area contributed by atoms with Crippen molar-refractivity contribution in [3.63, 3.8) is 0 Å². The van der Waals surface area contributed by atoms with Crippen LogP contribution in [0.3, 0.4) is 0 Å². The van der Waals surface area contributed by atoms with Crippen LogP contribution in [0, 0.1) is 23.6 Å². The van der Waals surface area contributed by atoms with Gasteiger partial charge in [0, 0.05) is 27.9 Å². The quantitative estimate of drug-likeness (QED) is 0.295. The van der Waals surface area contributed by atoms with Crippen LogP contribution in [-0.4, -0.2) is 27.3 Å². The summed E-state index contributed by atoms with van der Waals surface area (Å²) in [6, 6.07) is 18.4. The molecule has 4 aliphatic carbocycles. The number of carbonyl (C=O) groups excluding carboxylic acids is 2. The third-order valence-electron chi connectivity index (χ3n) is 8.68.